The number of amides is 1. The van der Waals surface area contributed by atoms with E-state index in [0.717, 1.165) is 23.5 Å². The maximum atomic E-state index is 11.3. The van der Waals surface area contributed by atoms with Crippen LogP contribution in [0.15, 0.2) is 29.6 Å². The molecule has 0 bridgehead atoms. The van der Waals surface area contributed by atoms with Crippen LogP contribution in [0.1, 0.15) is 10.4 Å². The molecular formula is C13H11ClN2OS. The zero-order valence-corrected chi connectivity index (χ0v) is 11.1. The van der Waals surface area contributed by atoms with Gasteiger partial charge in [0, 0.05) is 17.1 Å². The normalized spacial score (nSPS) is 13.3. The molecule has 1 aliphatic rings. The van der Waals surface area contributed by atoms with Crippen LogP contribution in [0.5, 0.6) is 0 Å². The van der Waals surface area contributed by atoms with E-state index in [1.807, 2.05) is 17.5 Å². The molecule has 0 fully saturated rings. The van der Waals surface area contributed by atoms with Crippen LogP contribution in [0, 0.1) is 0 Å². The Balaban J connectivity index is 1.80. The van der Waals surface area contributed by atoms with Crippen LogP contribution in [0.3, 0.4) is 0 Å². The largest absolute Gasteiger partial charge is 0.379 e. The molecule has 0 aliphatic carbocycles. The van der Waals surface area contributed by atoms with Crippen molar-refractivity contribution >= 4 is 40.2 Å². The Hall–Kier alpha value is -1.52. The summed E-state index contributed by atoms with van der Waals surface area (Å²) in [5, 5.41) is 8.76. The summed E-state index contributed by atoms with van der Waals surface area (Å²) in [7, 11) is 0. The topological polar surface area (TPSA) is 41.1 Å². The first-order valence-corrected chi connectivity index (χ1v) is 6.86. The monoisotopic (exact) mass is 278 g/mol. The number of thiophene rings is 1. The number of halogens is 1. The third kappa shape index (κ3) is 2.21. The SMILES string of the molecule is O=C1Cc2cc(NCc3cccs3)c(Cl)cc2N1. The number of nitrogens with one attached hydrogen (secondary N) is 2. The van der Waals surface area contributed by atoms with Gasteiger partial charge in [0.1, 0.15) is 0 Å². The molecule has 0 saturated carbocycles. The number of rotatable bonds is 3. The minimum absolute atomic E-state index is 0.0245. The molecule has 1 aromatic heterocycles. The number of carbonyl (C=O) groups excluding carboxylic acids is 1. The fourth-order valence-corrected chi connectivity index (χ4v) is 2.85. The van der Waals surface area contributed by atoms with E-state index >= 15 is 0 Å². The second-order valence-corrected chi connectivity index (χ2v) is 5.59. The smallest absolute Gasteiger partial charge is 0.228 e. The molecule has 1 aromatic carbocycles. The van der Waals surface area contributed by atoms with Crippen molar-refractivity contribution in [2.75, 3.05) is 10.6 Å². The highest BCUT2D eigenvalue weighted by molar-refractivity contribution is 7.09. The Morgan fingerprint density at radius 1 is 1.44 bits per heavy atom. The number of fused-ring (bicyclic) bond motifs is 1. The highest BCUT2D eigenvalue weighted by Crippen LogP contribution is 2.33. The van der Waals surface area contributed by atoms with Crippen LogP contribution >= 0.6 is 22.9 Å². The maximum Gasteiger partial charge on any atom is 0.228 e. The minimum Gasteiger partial charge on any atom is -0.379 e. The zero-order valence-electron chi connectivity index (χ0n) is 9.50. The van der Waals surface area contributed by atoms with Gasteiger partial charge >= 0.3 is 0 Å². The third-order valence-corrected chi connectivity index (χ3v) is 4.04. The zero-order chi connectivity index (χ0) is 12.5. The van der Waals surface area contributed by atoms with Crippen LogP contribution in [-0.2, 0) is 17.8 Å². The van der Waals surface area contributed by atoms with E-state index < -0.39 is 0 Å². The van der Waals surface area contributed by atoms with Crippen LogP contribution in [0.25, 0.3) is 0 Å². The molecule has 5 heteroatoms. The second-order valence-electron chi connectivity index (χ2n) is 4.15. The first kappa shape index (κ1) is 11.6. The molecule has 2 N–H and O–H groups in total. The van der Waals surface area contributed by atoms with Crippen LogP contribution < -0.4 is 10.6 Å². The van der Waals surface area contributed by atoms with Crippen LogP contribution in [0.4, 0.5) is 11.4 Å². The Kier molecular flexibility index (Phi) is 2.97. The molecule has 0 unspecified atom stereocenters. The van der Waals surface area contributed by atoms with E-state index in [2.05, 4.69) is 16.7 Å². The third-order valence-electron chi connectivity index (χ3n) is 2.85. The molecule has 92 valence electrons. The van der Waals surface area contributed by atoms with E-state index in [0.29, 0.717) is 11.4 Å². The molecule has 0 spiro atoms. The quantitative estimate of drug-likeness (QED) is 0.902. The van der Waals surface area contributed by atoms with E-state index in [1.165, 1.54) is 4.88 Å². The summed E-state index contributed by atoms with van der Waals surface area (Å²) in [4.78, 5) is 12.5. The van der Waals surface area contributed by atoms with Crippen molar-refractivity contribution in [3.63, 3.8) is 0 Å². The molecule has 18 heavy (non-hydrogen) atoms. The van der Waals surface area contributed by atoms with Crippen LogP contribution in [-0.4, -0.2) is 5.91 Å². The van der Waals surface area contributed by atoms with E-state index in [1.54, 1.807) is 17.4 Å². The molecular weight excluding hydrogens is 268 g/mol. The average molecular weight is 279 g/mol. The van der Waals surface area contributed by atoms with Crippen molar-refractivity contribution in [3.05, 3.63) is 45.1 Å². The van der Waals surface area contributed by atoms with Gasteiger partial charge in [0.15, 0.2) is 0 Å². The molecule has 3 rings (SSSR count). The van der Waals surface area contributed by atoms with E-state index in [4.69, 9.17) is 11.6 Å². The lowest BCUT2D eigenvalue weighted by Crippen LogP contribution is -2.03. The first-order chi connectivity index (χ1) is 8.72. The maximum absolute atomic E-state index is 11.3. The van der Waals surface area contributed by atoms with Gasteiger partial charge in [0.25, 0.3) is 0 Å². The summed E-state index contributed by atoms with van der Waals surface area (Å²) < 4.78 is 0. The lowest BCUT2D eigenvalue weighted by Gasteiger charge is -2.09. The number of hydrogen-bond acceptors (Lipinski definition) is 3. The number of hydrogen-bond donors (Lipinski definition) is 2. The van der Waals surface area contributed by atoms with Crippen molar-refractivity contribution in [2.45, 2.75) is 13.0 Å². The average Bonchev–Trinajstić information content (AvgIpc) is 2.94. The molecule has 3 nitrogen and oxygen atoms in total. The molecule has 0 atom stereocenters. The summed E-state index contributed by atoms with van der Waals surface area (Å²) in [6.45, 7) is 0.748. The molecule has 1 amide bonds. The summed E-state index contributed by atoms with van der Waals surface area (Å²) in [5.41, 5.74) is 2.70. The Bertz CT molecular complexity index is 595. The van der Waals surface area contributed by atoms with E-state index in [9.17, 15) is 4.79 Å². The fraction of sp³-hybridized carbons (Fsp3) is 0.154. The van der Waals surface area contributed by atoms with Gasteiger partial charge in [-0.25, -0.2) is 0 Å². The van der Waals surface area contributed by atoms with Gasteiger partial charge < -0.3 is 10.6 Å². The van der Waals surface area contributed by atoms with E-state index in [-0.39, 0.29) is 5.91 Å². The summed E-state index contributed by atoms with van der Waals surface area (Å²) >= 11 is 7.89. The van der Waals surface area contributed by atoms with Gasteiger partial charge in [-0.05, 0) is 29.1 Å². The predicted octanol–water partition coefficient (Wildman–Crippen LogP) is 3.51. The van der Waals surface area contributed by atoms with Gasteiger partial charge in [-0.15, -0.1) is 11.3 Å². The van der Waals surface area contributed by atoms with Crippen LogP contribution in [0.2, 0.25) is 5.02 Å². The number of carbonyl (C=O) groups is 1. The first-order valence-electron chi connectivity index (χ1n) is 5.61. The molecule has 2 heterocycles. The summed E-state index contributed by atoms with van der Waals surface area (Å²) in [5.74, 6) is 0.0245. The minimum atomic E-state index is 0.0245. The molecule has 2 aromatic rings. The van der Waals surface area contributed by atoms with Gasteiger partial charge in [0.05, 0.1) is 17.1 Å². The van der Waals surface area contributed by atoms with Crippen molar-refractivity contribution < 1.29 is 4.79 Å². The van der Waals surface area contributed by atoms with Crippen molar-refractivity contribution in [1.82, 2.24) is 0 Å². The number of benzene rings is 1. The fourth-order valence-electron chi connectivity index (χ4n) is 1.98. The van der Waals surface area contributed by atoms with Crippen molar-refractivity contribution in [1.29, 1.82) is 0 Å². The van der Waals surface area contributed by atoms with Gasteiger partial charge in [-0.3, -0.25) is 4.79 Å². The molecule has 1 aliphatic heterocycles. The van der Waals surface area contributed by atoms with Crippen molar-refractivity contribution in [3.8, 4) is 0 Å². The lowest BCUT2D eigenvalue weighted by atomic mass is 10.1. The Morgan fingerprint density at radius 2 is 2.33 bits per heavy atom. The number of anilines is 2. The van der Waals surface area contributed by atoms with Gasteiger partial charge in [-0.2, -0.15) is 0 Å². The highest BCUT2D eigenvalue weighted by atomic mass is 35.5. The lowest BCUT2D eigenvalue weighted by molar-refractivity contribution is -0.115. The highest BCUT2D eigenvalue weighted by Gasteiger charge is 2.19. The second kappa shape index (κ2) is 4.63. The molecule has 0 radical (unpaired) electrons. The van der Waals surface area contributed by atoms with Gasteiger partial charge in [0.2, 0.25) is 5.91 Å². The van der Waals surface area contributed by atoms with Crippen molar-refractivity contribution in [2.24, 2.45) is 0 Å². The Morgan fingerprint density at radius 3 is 3.11 bits per heavy atom. The molecule has 0 saturated heterocycles. The Labute approximate surface area is 114 Å². The summed E-state index contributed by atoms with van der Waals surface area (Å²) in [6.07, 6.45) is 0.431. The predicted molar refractivity (Wildman–Crippen MR) is 75.4 cm³/mol. The summed E-state index contributed by atoms with van der Waals surface area (Å²) in [6, 6.07) is 7.85. The standard InChI is InChI=1S/C13H11ClN2OS/c14-10-6-11-8(5-13(17)16-11)4-12(10)15-7-9-2-1-3-18-9/h1-4,6,15H,5,7H2,(H,16,17). The van der Waals surface area contributed by atoms with Gasteiger partial charge in [-0.1, -0.05) is 17.7 Å².